The highest BCUT2D eigenvalue weighted by Gasteiger charge is 2.49. The molecule has 3 aliphatic rings. The van der Waals surface area contributed by atoms with Crippen LogP contribution >= 0.6 is 11.6 Å². The quantitative estimate of drug-likeness (QED) is 0.209. The molecule has 1 aromatic carbocycles. The first-order valence-electron chi connectivity index (χ1n) is 19.0. The average molecular weight is 821 g/mol. The van der Waals surface area contributed by atoms with Gasteiger partial charge in [0.15, 0.2) is 17.3 Å². The van der Waals surface area contributed by atoms with Crippen molar-refractivity contribution in [2.24, 2.45) is 0 Å². The lowest BCUT2D eigenvalue weighted by atomic mass is 9.73. The molecule has 1 spiro atoms. The van der Waals surface area contributed by atoms with Crippen LogP contribution in [0, 0.1) is 13.8 Å². The Morgan fingerprint density at radius 3 is 2.50 bits per heavy atom. The Hall–Kier alpha value is -5.62. The highest BCUT2D eigenvalue weighted by atomic mass is 35.5. The standard InChI is InChI=1S/C39H40ClF3N10O5/c1-20-16-38(10-13-50(14-11-38)36(58)31-33(56)22(3)44-19-45-31)30-32(20)52(18-29(55)47-27-8-6-23(15-26(27)40)39(41,42)43)37-48-34(49-53(37)35(30)57)25-7-9-28(46-21(25)2)51-12-4-5-24(54)17-51/h6-9,15,19-20,24,54,56H,4-5,10-14,16-18H2,1-3H3,(H,47,55). The molecule has 0 radical (unpaired) electrons. The van der Waals surface area contributed by atoms with Crippen molar-refractivity contribution in [2.45, 2.75) is 83.0 Å². The number of hydrogen-bond acceptors (Lipinski definition) is 11. The maximum absolute atomic E-state index is 14.7. The number of β-amino-alcohol motifs (C(OH)–C–C–N with tert-alkyl or cyclic N) is 1. The van der Waals surface area contributed by atoms with E-state index in [1.54, 1.807) is 23.3 Å². The number of nitrogens with zero attached hydrogens (tertiary/aromatic N) is 9. The van der Waals surface area contributed by atoms with Crippen molar-refractivity contribution in [3.05, 3.63) is 85.9 Å². The zero-order valence-corrected chi connectivity index (χ0v) is 32.6. The number of carbonyl (C=O) groups excluding carboxylic acids is 2. The zero-order valence-electron chi connectivity index (χ0n) is 31.8. The van der Waals surface area contributed by atoms with E-state index in [0.717, 1.165) is 37.6 Å². The number of aliphatic hydroxyl groups excluding tert-OH is 1. The van der Waals surface area contributed by atoms with Gasteiger partial charge in [0.05, 0.1) is 33.8 Å². The number of nitrogens with one attached hydrogen (secondary N) is 1. The second kappa shape index (κ2) is 14.6. The van der Waals surface area contributed by atoms with E-state index in [0.29, 0.717) is 54.1 Å². The number of carbonyl (C=O) groups is 2. The molecule has 0 saturated carbocycles. The van der Waals surface area contributed by atoms with E-state index >= 15 is 0 Å². The van der Waals surface area contributed by atoms with Gasteiger partial charge in [0, 0.05) is 48.4 Å². The fourth-order valence-electron chi connectivity index (χ4n) is 8.75. The summed E-state index contributed by atoms with van der Waals surface area (Å²) < 4.78 is 42.8. The summed E-state index contributed by atoms with van der Waals surface area (Å²) >= 11 is 6.20. The SMILES string of the molecule is Cc1nc(N2CCCC(O)C2)ccc1-c1nc2n(CC(=O)Nc3ccc(C(F)(F)F)cc3Cl)c3c(c(=O)n2n1)C1(CCN(C(=O)c2ncnc(C)c2O)CC1)CC3C. The van der Waals surface area contributed by atoms with Crippen LogP contribution in [0.5, 0.6) is 5.75 Å². The number of likely N-dealkylation sites (tertiary alicyclic amines) is 1. The van der Waals surface area contributed by atoms with Crippen LogP contribution < -0.4 is 15.8 Å². The number of aromatic nitrogens is 7. The first-order valence-corrected chi connectivity index (χ1v) is 19.3. The van der Waals surface area contributed by atoms with E-state index in [1.807, 2.05) is 24.0 Å². The third-order valence-electron chi connectivity index (χ3n) is 11.6. The van der Waals surface area contributed by atoms with Gasteiger partial charge in [0.1, 0.15) is 18.7 Å². The third kappa shape index (κ3) is 6.91. The monoisotopic (exact) mass is 820 g/mol. The maximum Gasteiger partial charge on any atom is 0.416 e. The predicted molar refractivity (Wildman–Crippen MR) is 206 cm³/mol. The molecule has 5 aromatic rings. The average Bonchev–Trinajstić information content (AvgIpc) is 3.74. The summed E-state index contributed by atoms with van der Waals surface area (Å²) in [4.78, 5) is 63.2. The van der Waals surface area contributed by atoms with E-state index < -0.39 is 40.6 Å². The number of halogens is 4. The maximum atomic E-state index is 14.7. The minimum atomic E-state index is -4.63. The molecule has 15 nitrogen and oxygen atoms in total. The van der Waals surface area contributed by atoms with Crippen LogP contribution in [0.4, 0.5) is 24.7 Å². The molecule has 19 heteroatoms. The van der Waals surface area contributed by atoms with Gasteiger partial charge in [-0.05, 0) is 82.2 Å². The summed E-state index contributed by atoms with van der Waals surface area (Å²) in [6.07, 6.45) is -0.998. The van der Waals surface area contributed by atoms with Crippen LogP contribution in [0.3, 0.4) is 0 Å². The van der Waals surface area contributed by atoms with Crippen LogP contribution in [0.2, 0.25) is 5.02 Å². The number of piperidine rings is 2. The number of benzene rings is 1. The zero-order chi connectivity index (χ0) is 41.3. The van der Waals surface area contributed by atoms with Crippen molar-refractivity contribution in [1.82, 2.24) is 39.0 Å². The first-order chi connectivity index (χ1) is 27.5. The number of pyridine rings is 1. The molecular weight excluding hydrogens is 781 g/mol. The Bertz CT molecular complexity index is 2530. The molecule has 2 amide bonds. The molecule has 1 aliphatic carbocycles. The molecule has 4 aromatic heterocycles. The van der Waals surface area contributed by atoms with Crippen molar-refractivity contribution in [3.63, 3.8) is 0 Å². The molecule has 8 rings (SSSR count). The minimum absolute atomic E-state index is 0.0231. The Morgan fingerprint density at radius 1 is 1.05 bits per heavy atom. The molecule has 2 fully saturated rings. The van der Waals surface area contributed by atoms with Crippen LogP contribution in [0.25, 0.3) is 17.2 Å². The van der Waals surface area contributed by atoms with E-state index in [-0.39, 0.29) is 65.0 Å². The number of aryl methyl sites for hydroxylation is 2. The molecule has 2 saturated heterocycles. The van der Waals surface area contributed by atoms with Gasteiger partial charge in [-0.2, -0.15) is 22.7 Å². The molecule has 0 bridgehead atoms. The number of amides is 2. The van der Waals surface area contributed by atoms with Crippen molar-refractivity contribution in [2.75, 3.05) is 36.4 Å². The van der Waals surface area contributed by atoms with Crippen LogP contribution in [-0.4, -0.2) is 93.3 Å². The Kier molecular flexibility index (Phi) is 9.90. The van der Waals surface area contributed by atoms with Gasteiger partial charge < -0.3 is 29.9 Å². The molecule has 2 unspecified atom stereocenters. The van der Waals surface area contributed by atoms with Crippen LogP contribution in [-0.2, 0) is 22.9 Å². The number of alkyl halides is 3. The second-order valence-corrected chi connectivity index (χ2v) is 15.8. The highest BCUT2D eigenvalue weighted by molar-refractivity contribution is 6.33. The van der Waals surface area contributed by atoms with Crippen LogP contribution in [0.1, 0.15) is 83.6 Å². The summed E-state index contributed by atoms with van der Waals surface area (Å²) in [6, 6.07) is 6.27. The molecule has 2 atom stereocenters. The van der Waals surface area contributed by atoms with Crippen molar-refractivity contribution < 1.29 is 33.0 Å². The van der Waals surface area contributed by atoms with Gasteiger partial charge in [-0.3, -0.25) is 14.4 Å². The number of aromatic hydroxyl groups is 1. The normalized spacial score (nSPS) is 19.2. The Labute approximate surface area is 334 Å². The molecule has 6 heterocycles. The van der Waals surface area contributed by atoms with Gasteiger partial charge in [0.25, 0.3) is 11.5 Å². The highest BCUT2D eigenvalue weighted by Crippen LogP contribution is 2.50. The van der Waals surface area contributed by atoms with Crippen LogP contribution in [0.15, 0.2) is 41.5 Å². The molecule has 304 valence electrons. The largest absolute Gasteiger partial charge is 0.504 e. The van der Waals surface area contributed by atoms with Gasteiger partial charge >= 0.3 is 6.18 Å². The smallest absolute Gasteiger partial charge is 0.416 e. The van der Waals surface area contributed by atoms with Gasteiger partial charge in [-0.15, -0.1) is 5.10 Å². The molecule has 3 N–H and O–H groups in total. The van der Waals surface area contributed by atoms with E-state index in [2.05, 4.69) is 15.3 Å². The lowest BCUT2D eigenvalue weighted by Gasteiger charge is -2.39. The fourth-order valence-corrected chi connectivity index (χ4v) is 8.98. The summed E-state index contributed by atoms with van der Waals surface area (Å²) in [6.45, 7) is 6.65. The summed E-state index contributed by atoms with van der Waals surface area (Å²) in [7, 11) is 0. The lowest BCUT2D eigenvalue weighted by molar-refractivity contribution is -0.137. The Balaban J connectivity index is 1.18. The van der Waals surface area contributed by atoms with Gasteiger partial charge in [-0.25, -0.2) is 15.0 Å². The van der Waals surface area contributed by atoms with E-state index in [4.69, 9.17) is 26.7 Å². The predicted octanol–water partition coefficient (Wildman–Crippen LogP) is 5.02. The van der Waals surface area contributed by atoms with Crippen molar-refractivity contribution >= 4 is 40.7 Å². The molecule has 58 heavy (non-hydrogen) atoms. The number of hydrogen-bond donors (Lipinski definition) is 3. The van der Waals surface area contributed by atoms with Crippen molar-refractivity contribution in [1.29, 1.82) is 0 Å². The van der Waals surface area contributed by atoms with Gasteiger partial charge in [-0.1, -0.05) is 18.5 Å². The fraction of sp³-hybridized carbons (Fsp3) is 0.436. The Morgan fingerprint density at radius 2 is 1.81 bits per heavy atom. The number of anilines is 2. The number of rotatable bonds is 6. The lowest BCUT2D eigenvalue weighted by Crippen LogP contribution is -2.46. The minimum Gasteiger partial charge on any atom is -0.504 e. The molecular formula is C39H40ClF3N10O5. The third-order valence-corrected chi connectivity index (χ3v) is 11.9. The summed E-state index contributed by atoms with van der Waals surface area (Å²) in [5, 5.41) is 27.8. The van der Waals surface area contributed by atoms with E-state index in [1.165, 1.54) is 10.8 Å². The second-order valence-electron chi connectivity index (χ2n) is 15.4. The topological polar surface area (TPSA) is 184 Å². The summed E-state index contributed by atoms with van der Waals surface area (Å²) in [5.74, 6) is -0.665. The van der Waals surface area contributed by atoms with Crippen molar-refractivity contribution in [3.8, 4) is 17.1 Å². The summed E-state index contributed by atoms with van der Waals surface area (Å²) in [5.41, 5.74) is 0.219. The number of aliphatic hydroxyl groups is 1. The number of fused-ring (bicyclic) bond motifs is 3. The molecule has 2 aliphatic heterocycles. The van der Waals surface area contributed by atoms with Gasteiger partial charge in [0.2, 0.25) is 11.7 Å². The van der Waals surface area contributed by atoms with E-state index in [9.17, 15) is 37.8 Å². The first kappa shape index (κ1) is 39.2.